The van der Waals surface area contributed by atoms with E-state index in [9.17, 15) is 9.59 Å². The number of aromatic amines is 1. The lowest BCUT2D eigenvalue weighted by atomic mass is 10.1. The molecule has 2 N–H and O–H groups in total. The van der Waals surface area contributed by atoms with Crippen LogP contribution in [0.2, 0.25) is 0 Å². The number of hydrogen-bond acceptors (Lipinski definition) is 4. The fraction of sp³-hybridized carbons (Fsp3) is 0.389. The zero-order chi connectivity index (χ0) is 17.9. The van der Waals surface area contributed by atoms with E-state index in [0.29, 0.717) is 11.6 Å². The predicted octanol–water partition coefficient (Wildman–Crippen LogP) is 3.38. The van der Waals surface area contributed by atoms with Gasteiger partial charge in [0, 0.05) is 17.4 Å². The Bertz CT molecular complexity index is 791. The second-order valence-electron chi connectivity index (χ2n) is 5.92. The van der Waals surface area contributed by atoms with Crippen LogP contribution in [-0.4, -0.2) is 21.1 Å². The average Bonchev–Trinajstić information content (AvgIpc) is 2.49. The van der Waals surface area contributed by atoms with Gasteiger partial charge in [-0.1, -0.05) is 36.4 Å². The largest absolute Gasteiger partial charge is 0.325 e. The molecule has 0 radical (unpaired) electrons. The molecule has 2 aromatic rings. The summed E-state index contributed by atoms with van der Waals surface area (Å²) in [7, 11) is 0. The molecule has 1 amide bonds. The molecule has 0 bridgehead atoms. The van der Waals surface area contributed by atoms with Crippen LogP contribution in [0, 0.1) is 20.8 Å². The second kappa shape index (κ2) is 7.66. The van der Waals surface area contributed by atoms with Gasteiger partial charge in [0.2, 0.25) is 5.91 Å². The Hall–Kier alpha value is -2.08. The van der Waals surface area contributed by atoms with Gasteiger partial charge in [-0.2, -0.15) is 0 Å². The van der Waals surface area contributed by atoms with Gasteiger partial charge in [0.15, 0.2) is 5.16 Å². The molecular formula is C18H23N3O2S. The van der Waals surface area contributed by atoms with Gasteiger partial charge in [-0.3, -0.25) is 9.59 Å². The van der Waals surface area contributed by atoms with Crippen molar-refractivity contribution in [2.75, 3.05) is 5.32 Å². The zero-order valence-corrected chi connectivity index (χ0v) is 15.5. The monoisotopic (exact) mass is 345 g/mol. The van der Waals surface area contributed by atoms with Crippen LogP contribution in [-0.2, 0) is 11.2 Å². The van der Waals surface area contributed by atoms with Crippen molar-refractivity contribution in [1.29, 1.82) is 0 Å². The quantitative estimate of drug-likeness (QED) is 0.643. The number of hydrogen-bond donors (Lipinski definition) is 2. The number of aryl methyl sites for hydroxylation is 4. The van der Waals surface area contributed by atoms with E-state index in [1.165, 1.54) is 23.4 Å². The standard InChI is InChI=1S/C18H23N3O2S/c1-6-14-9-15(22)20-18(19-14)24-13(5)17(23)21-16-11(3)7-10(2)8-12(16)4/h7-9,13H,6H2,1-5H3,(H,21,23)(H,19,20,22). The highest BCUT2D eigenvalue weighted by atomic mass is 32.2. The number of nitrogens with zero attached hydrogens (tertiary/aromatic N) is 1. The van der Waals surface area contributed by atoms with Gasteiger partial charge in [-0.05, 0) is 45.2 Å². The number of carbonyl (C=O) groups is 1. The van der Waals surface area contributed by atoms with Gasteiger partial charge in [0.1, 0.15) is 0 Å². The van der Waals surface area contributed by atoms with Crippen LogP contribution in [0.5, 0.6) is 0 Å². The van der Waals surface area contributed by atoms with E-state index in [1.807, 2.05) is 39.8 Å². The minimum absolute atomic E-state index is 0.111. The molecule has 24 heavy (non-hydrogen) atoms. The first-order valence-corrected chi connectivity index (χ1v) is 8.83. The van der Waals surface area contributed by atoms with Crippen LogP contribution in [0.3, 0.4) is 0 Å². The van der Waals surface area contributed by atoms with E-state index in [4.69, 9.17) is 0 Å². The molecule has 2 rings (SSSR count). The highest BCUT2D eigenvalue weighted by Crippen LogP contribution is 2.24. The average molecular weight is 345 g/mol. The normalized spacial score (nSPS) is 12.0. The first kappa shape index (κ1) is 18.3. The van der Waals surface area contributed by atoms with Crippen LogP contribution in [0.15, 0.2) is 28.2 Å². The number of amides is 1. The molecule has 0 aliphatic carbocycles. The lowest BCUT2D eigenvalue weighted by Crippen LogP contribution is -2.24. The Labute approximate surface area is 146 Å². The van der Waals surface area contributed by atoms with E-state index in [1.54, 1.807) is 6.92 Å². The number of aromatic nitrogens is 2. The maximum Gasteiger partial charge on any atom is 0.251 e. The highest BCUT2D eigenvalue weighted by molar-refractivity contribution is 8.00. The number of rotatable bonds is 5. The maximum absolute atomic E-state index is 12.5. The molecule has 0 saturated heterocycles. The molecule has 5 nitrogen and oxygen atoms in total. The summed E-state index contributed by atoms with van der Waals surface area (Å²) in [5.41, 5.74) is 4.63. The summed E-state index contributed by atoms with van der Waals surface area (Å²) in [6.07, 6.45) is 0.680. The van der Waals surface area contributed by atoms with Gasteiger partial charge < -0.3 is 10.3 Å². The molecule has 0 saturated carbocycles. The first-order chi connectivity index (χ1) is 11.3. The molecule has 1 atom stereocenters. The summed E-state index contributed by atoms with van der Waals surface area (Å²) in [6.45, 7) is 9.74. The van der Waals surface area contributed by atoms with E-state index in [0.717, 1.165) is 22.5 Å². The van der Waals surface area contributed by atoms with Crippen molar-refractivity contribution in [3.63, 3.8) is 0 Å². The predicted molar refractivity (Wildman–Crippen MR) is 98.8 cm³/mol. The molecule has 1 unspecified atom stereocenters. The smallest absolute Gasteiger partial charge is 0.251 e. The van der Waals surface area contributed by atoms with Gasteiger partial charge in [-0.15, -0.1) is 0 Å². The van der Waals surface area contributed by atoms with Gasteiger partial charge in [-0.25, -0.2) is 4.98 Å². The second-order valence-corrected chi connectivity index (χ2v) is 7.25. The summed E-state index contributed by atoms with van der Waals surface area (Å²) in [5, 5.41) is 3.09. The number of nitrogens with one attached hydrogen (secondary N) is 2. The van der Waals surface area contributed by atoms with Crippen molar-refractivity contribution in [2.24, 2.45) is 0 Å². The first-order valence-electron chi connectivity index (χ1n) is 7.95. The topological polar surface area (TPSA) is 74.8 Å². The Morgan fingerprint density at radius 1 is 1.25 bits per heavy atom. The van der Waals surface area contributed by atoms with Gasteiger partial charge >= 0.3 is 0 Å². The van der Waals surface area contributed by atoms with Crippen molar-refractivity contribution < 1.29 is 4.79 Å². The van der Waals surface area contributed by atoms with Crippen molar-refractivity contribution >= 4 is 23.4 Å². The third-order valence-corrected chi connectivity index (χ3v) is 4.70. The maximum atomic E-state index is 12.5. The summed E-state index contributed by atoms with van der Waals surface area (Å²) >= 11 is 1.25. The molecule has 0 fully saturated rings. The van der Waals surface area contributed by atoms with Crippen LogP contribution < -0.4 is 10.9 Å². The minimum atomic E-state index is -0.375. The van der Waals surface area contributed by atoms with E-state index in [2.05, 4.69) is 15.3 Å². The van der Waals surface area contributed by atoms with Crippen LogP contribution in [0.25, 0.3) is 0 Å². The third-order valence-electron chi connectivity index (χ3n) is 3.72. The molecule has 0 aliphatic rings. The Balaban J connectivity index is 2.13. The lowest BCUT2D eigenvalue weighted by molar-refractivity contribution is -0.115. The SMILES string of the molecule is CCc1cc(=O)[nH]c(SC(C)C(=O)Nc2c(C)cc(C)cc2C)n1. The molecule has 1 aromatic carbocycles. The number of benzene rings is 1. The Morgan fingerprint density at radius 2 is 1.88 bits per heavy atom. The molecule has 1 aromatic heterocycles. The Kier molecular flexibility index (Phi) is 5.83. The van der Waals surface area contributed by atoms with Crippen LogP contribution in [0.4, 0.5) is 5.69 Å². The van der Waals surface area contributed by atoms with Crippen LogP contribution >= 0.6 is 11.8 Å². The van der Waals surface area contributed by atoms with Gasteiger partial charge in [0.25, 0.3) is 5.56 Å². The number of H-pyrrole nitrogens is 1. The fourth-order valence-corrected chi connectivity index (χ4v) is 3.37. The lowest BCUT2D eigenvalue weighted by Gasteiger charge is -2.16. The van der Waals surface area contributed by atoms with Crippen molar-refractivity contribution in [2.45, 2.75) is 51.4 Å². The third kappa shape index (κ3) is 4.47. The molecule has 0 aliphatic heterocycles. The summed E-state index contributed by atoms with van der Waals surface area (Å²) < 4.78 is 0. The molecular weight excluding hydrogens is 322 g/mol. The van der Waals surface area contributed by atoms with Crippen molar-refractivity contribution in [3.8, 4) is 0 Å². The zero-order valence-electron chi connectivity index (χ0n) is 14.7. The Morgan fingerprint density at radius 3 is 2.46 bits per heavy atom. The summed E-state index contributed by atoms with van der Waals surface area (Å²) in [5.74, 6) is -0.111. The summed E-state index contributed by atoms with van der Waals surface area (Å²) in [6, 6.07) is 5.57. The van der Waals surface area contributed by atoms with Crippen molar-refractivity contribution in [1.82, 2.24) is 9.97 Å². The van der Waals surface area contributed by atoms with Crippen molar-refractivity contribution in [3.05, 3.63) is 50.9 Å². The number of carbonyl (C=O) groups excluding carboxylic acids is 1. The summed E-state index contributed by atoms with van der Waals surface area (Å²) in [4.78, 5) is 31.2. The molecule has 1 heterocycles. The molecule has 0 spiro atoms. The van der Waals surface area contributed by atoms with E-state index < -0.39 is 0 Å². The van der Waals surface area contributed by atoms with Gasteiger partial charge in [0.05, 0.1) is 5.25 Å². The molecule has 6 heteroatoms. The minimum Gasteiger partial charge on any atom is -0.325 e. The van der Waals surface area contributed by atoms with E-state index in [-0.39, 0.29) is 16.7 Å². The number of anilines is 1. The highest BCUT2D eigenvalue weighted by Gasteiger charge is 2.18. The fourth-order valence-electron chi connectivity index (χ4n) is 2.54. The van der Waals surface area contributed by atoms with Crippen LogP contribution in [0.1, 0.15) is 36.2 Å². The number of thioether (sulfide) groups is 1. The van der Waals surface area contributed by atoms with E-state index >= 15 is 0 Å². The molecule has 128 valence electrons.